The van der Waals surface area contributed by atoms with Crippen LogP contribution in [0.3, 0.4) is 0 Å². The van der Waals surface area contributed by atoms with Crippen molar-refractivity contribution in [3.8, 4) is 0 Å². The zero-order valence-electron chi connectivity index (χ0n) is 14.1. The Morgan fingerprint density at radius 3 is 2.46 bits per heavy atom. The van der Waals surface area contributed by atoms with Gasteiger partial charge in [0.1, 0.15) is 5.69 Å². The molecule has 0 spiro atoms. The van der Waals surface area contributed by atoms with Gasteiger partial charge in [-0.25, -0.2) is 4.90 Å². The third-order valence-electron chi connectivity index (χ3n) is 3.98. The summed E-state index contributed by atoms with van der Waals surface area (Å²) in [4.78, 5) is 44.4. The first kappa shape index (κ1) is 17.3. The number of amides is 3. The second-order valence-corrected chi connectivity index (χ2v) is 5.68. The van der Waals surface area contributed by atoms with E-state index in [1.54, 1.807) is 47.4 Å². The molecule has 1 aliphatic heterocycles. The summed E-state index contributed by atoms with van der Waals surface area (Å²) in [5, 5.41) is 0. The predicted octanol–water partition coefficient (Wildman–Crippen LogP) is 2.70. The van der Waals surface area contributed by atoms with Crippen molar-refractivity contribution in [2.24, 2.45) is 0 Å². The van der Waals surface area contributed by atoms with Crippen LogP contribution >= 0.6 is 0 Å². The lowest BCUT2D eigenvalue weighted by molar-refractivity contribution is 0.0789. The largest absolute Gasteiger partial charge is 0.331 e. The molecule has 6 heteroatoms. The van der Waals surface area contributed by atoms with Crippen LogP contribution in [-0.4, -0.2) is 40.7 Å². The minimum atomic E-state index is -0.496. The van der Waals surface area contributed by atoms with E-state index in [-0.39, 0.29) is 17.2 Å². The number of carbonyl (C=O) groups excluding carboxylic acids is 3. The van der Waals surface area contributed by atoms with Crippen LogP contribution in [0.1, 0.15) is 31.2 Å². The summed E-state index contributed by atoms with van der Waals surface area (Å²) in [6, 6.07) is 9.59. The van der Waals surface area contributed by atoms with Crippen molar-refractivity contribution in [1.29, 1.82) is 0 Å². The normalized spacial score (nSPS) is 12.7. The Hall–Kier alpha value is -3.54. The van der Waals surface area contributed by atoms with Crippen molar-refractivity contribution in [2.75, 3.05) is 18.0 Å². The van der Waals surface area contributed by atoms with Gasteiger partial charge >= 0.3 is 0 Å². The molecule has 0 saturated carbocycles. The number of imide groups is 1. The molecule has 2 aromatic rings. The molecule has 6 nitrogen and oxygen atoms in total. The molecule has 0 fully saturated rings. The fraction of sp³-hybridized carbons (Fsp3) is 0.100. The van der Waals surface area contributed by atoms with Gasteiger partial charge in [-0.15, -0.1) is 13.2 Å². The standard InChI is InChI=1S/C20H17N3O3/c1-3-11-22(12-4-2)18(24)14-7-5-8-15(13-14)23-19(25)16-9-6-10-21-17(16)20(23)26/h3-10,13H,1-2,11-12H2. The molecule has 0 unspecified atom stereocenters. The Morgan fingerprint density at radius 1 is 1.08 bits per heavy atom. The number of benzene rings is 1. The summed E-state index contributed by atoms with van der Waals surface area (Å²) in [7, 11) is 0. The molecular formula is C20H17N3O3. The van der Waals surface area contributed by atoms with Crippen LogP contribution in [0, 0.1) is 0 Å². The fourth-order valence-electron chi connectivity index (χ4n) is 2.81. The summed E-state index contributed by atoms with van der Waals surface area (Å²) in [6.07, 6.45) is 4.72. The molecule has 130 valence electrons. The summed E-state index contributed by atoms with van der Waals surface area (Å²) in [6.45, 7) is 8.03. The van der Waals surface area contributed by atoms with Crippen molar-refractivity contribution in [1.82, 2.24) is 9.88 Å². The Labute approximate surface area is 151 Å². The molecule has 0 atom stereocenters. The SMILES string of the molecule is C=CCN(CC=C)C(=O)c1cccc(N2C(=O)c3cccnc3C2=O)c1. The van der Waals surface area contributed by atoms with E-state index in [0.29, 0.717) is 24.3 Å². The Bertz CT molecular complexity index is 875. The number of nitrogens with zero attached hydrogens (tertiary/aromatic N) is 3. The van der Waals surface area contributed by atoms with Crippen molar-refractivity contribution in [3.63, 3.8) is 0 Å². The number of hydrogen-bond acceptors (Lipinski definition) is 4. The van der Waals surface area contributed by atoms with Crippen LogP contribution < -0.4 is 4.90 Å². The quantitative estimate of drug-likeness (QED) is 0.595. The van der Waals surface area contributed by atoms with Gasteiger partial charge in [0.05, 0.1) is 11.3 Å². The van der Waals surface area contributed by atoms with Gasteiger partial charge in [-0.1, -0.05) is 18.2 Å². The molecule has 3 amide bonds. The first-order valence-corrected chi connectivity index (χ1v) is 8.03. The lowest BCUT2D eigenvalue weighted by atomic mass is 10.1. The van der Waals surface area contributed by atoms with E-state index in [1.807, 2.05) is 0 Å². The summed E-state index contributed by atoms with van der Waals surface area (Å²) >= 11 is 0. The van der Waals surface area contributed by atoms with Crippen molar-refractivity contribution in [2.45, 2.75) is 0 Å². The maximum absolute atomic E-state index is 12.7. The van der Waals surface area contributed by atoms with E-state index in [0.717, 1.165) is 4.90 Å². The van der Waals surface area contributed by atoms with E-state index in [2.05, 4.69) is 18.1 Å². The van der Waals surface area contributed by atoms with Gasteiger partial charge in [0.15, 0.2) is 0 Å². The molecule has 1 aromatic carbocycles. The van der Waals surface area contributed by atoms with Crippen molar-refractivity contribution >= 4 is 23.4 Å². The molecule has 0 N–H and O–H groups in total. The molecular weight excluding hydrogens is 330 g/mol. The predicted molar refractivity (Wildman–Crippen MR) is 98.1 cm³/mol. The van der Waals surface area contributed by atoms with Crippen LogP contribution in [0.5, 0.6) is 0 Å². The number of pyridine rings is 1. The van der Waals surface area contributed by atoms with Crippen LogP contribution in [0.4, 0.5) is 5.69 Å². The maximum Gasteiger partial charge on any atom is 0.284 e. The topological polar surface area (TPSA) is 70.6 Å². The number of aromatic nitrogens is 1. The number of hydrogen-bond donors (Lipinski definition) is 0. The van der Waals surface area contributed by atoms with Crippen LogP contribution in [0.25, 0.3) is 0 Å². The van der Waals surface area contributed by atoms with E-state index in [1.165, 1.54) is 12.3 Å². The molecule has 3 rings (SSSR count). The number of rotatable bonds is 6. The van der Waals surface area contributed by atoms with E-state index < -0.39 is 11.8 Å². The highest BCUT2D eigenvalue weighted by molar-refractivity contribution is 6.33. The smallest absolute Gasteiger partial charge is 0.284 e. The van der Waals surface area contributed by atoms with Crippen LogP contribution in [0.15, 0.2) is 67.9 Å². The Kier molecular flexibility index (Phi) is 4.75. The number of carbonyl (C=O) groups is 3. The number of anilines is 1. The fourth-order valence-corrected chi connectivity index (χ4v) is 2.81. The summed E-state index contributed by atoms with van der Waals surface area (Å²) in [5.74, 6) is -1.18. The minimum absolute atomic E-state index is 0.120. The van der Waals surface area contributed by atoms with E-state index in [9.17, 15) is 14.4 Å². The van der Waals surface area contributed by atoms with Gasteiger partial charge in [0.2, 0.25) is 0 Å². The first-order valence-electron chi connectivity index (χ1n) is 8.03. The highest BCUT2D eigenvalue weighted by Gasteiger charge is 2.37. The van der Waals surface area contributed by atoms with E-state index >= 15 is 0 Å². The third kappa shape index (κ3) is 2.93. The van der Waals surface area contributed by atoms with Gasteiger partial charge < -0.3 is 4.90 Å². The average Bonchev–Trinajstić information content (AvgIpc) is 2.92. The summed E-state index contributed by atoms with van der Waals surface area (Å²) in [5.41, 5.74) is 1.08. The molecule has 0 saturated heterocycles. The van der Waals surface area contributed by atoms with Crippen LogP contribution in [-0.2, 0) is 0 Å². The molecule has 26 heavy (non-hydrogen) atoms. The van der Waals surface area contributed by atoms with E-state index in [4.69, 9.17) is 0 Å². The lowest BCUT2D eigenvalue weighted by Crippen LogP contribution is -2.32. The van der Waals surface area contributed by atoms with Gasteiger partial charge in [-0.2, -0.15) is 0 Å². The molecule has 0 aliphatic carbocycles. The minimum Gasteiger partial charge on any atom is -0.331 e. The Morgan fingerprint density at radius 2 is 1.81 bits per heavy atom. The first-order chi connectivity index (χ1) is 12.6. The maximum atomic E-state index is 12.7. The molecule has 0 bridgehead atoms. The average molecular weight is 347 g/mol. The van der Waals surface area contributed by atoms with Gasteiger partial charge in [0, 0.05) is 24.8 Å². The third-order valence-corrected chi connectivity index (χ3v) is 3.98. The second kappa shape index (κ2) is 7.14. The zero-order valence-corrected chi connectivity index (χ0v) is 14.1. The molecule has 1 aromatic heterocycles. The zero-order chi connectivity index (χ0) is 18.7. The monoisotopic (exact) mass is 347 g/mol. The van der Waals surface area contributed by atoms with Gasteiger partial charge in [-0.3, -0.25) is 19.4 Å². The summed E-state index contributed by atoms with van der Waals surface area (Å²) < 4.78 is 0. The van der Waals surface area contributed by atoms with Crippen LogP contribution in [0.2, 0.25) is 0 Å². The lowest BCUT2D eigenvalue weighted by Gasteiger charge is -2.20. The van der Waals surface area contributed by atoms with Crippen molar-refractivity contribution in [3.05, 3.63) is 84.7 Å². The molecule has 1 aliphatic rings. The highest BCUT2D eigenvalue weighted by atomic mass is 16.2. The number of fused-ring (bicyclic) bond motifs is 1. The second-order valence-electron chi connectivity index (χ2n) is 5.68. The van der Waals surface area contributed by atoms with Gasteiger partial charge in [0.25, 0.3) is 17.7 Å². The highest BCUT2D eigenvalue weighted by Crippen LogP contribution is 2.27. The molecule has 2 heterocycles. The molecule has 0 radical (unpaired) electrons. The van der Waals surface area contributed by atoms with Gasteiger partial charge in [-0.05, 0) is 30.3 Å². The van der Waals surface area contributed by atoms with Crippen molar-refractivity contribution < 1.29 is 14.4 Å². The Balaban J connectivity index is 1.94.